The first-order valence-electron chi connectivity index (χ1n) is 5.85. The van der Waals surface area contributed by atoms with Crippen molar-refractivity contribution in [2.75, 3.05) is 43.0 Å². The Bertz CT molecular complexity index is 451. The van der Waals surface area contributed by atoms with Gasteiger partial charge in [-0.3, -0.25) is 4.79 Å². The first-order valence-corrected chi connectivity index (χ1v) is 5.85. The number of halogens is 2. The lowest BCUT2D eigenvalue weighted by molar-refractivity contribution is -0.118. The van der Waals surface area contributed by atoms with Gasteiger partial charge in [-0.2, -0.15) is 0 Å². The highest BCUT2D eigenvalue weighted by atomic mass is 35.5. The Balaban J connectivity index is 0.000000902. The number of benzene rings is 1. The van der Waals surface area contributed by atoms with E-state index in [-0.39, 0.29) is 37.3 Å². The van der Waals surface area contributed by atoms with E-state index in [1.165, 1.54) is 0 Å². The first kappa shape index (κ1) is 15.9. The van der Waals surface area contributed by atoms with Crippen molar-refractivity contribution >= 4 is 42.1 Å². The van der Waals surface area contributed by atoms with Crippen molar-refractivity contribution in [3.05, 3.63) is 18.2 Å². The molecule has 5 nitrogen and oxygen atoms in total. The lowest BCUT2D eigenvalue weighted by Gasteiger charge is -2.30. The van der Waals surface area contributed by atoms with Crippen LogP contribution < -0.4 is 20.3 Å². The highest BCUT2D eigenvalue weighted by Gasteiger charge is 2.18. The Morgan fingerprint density at radius 1 is 1.16 bits per heavy atom. The Kier molecular flexibility index (Phi) is 5.72. The summed E-state index contributed by atoms with van der Waals surface area (Å²) in [4.78, 5) is 13.6. The van der Waals surface area contributed by atoms with Gasteiger partial charge in [-0.1, -0.05) is 0 Å². The maximum Gasteiger partial charge on any atom is 0.262 e. The van der Waals surface area contributed by atoms with Crippen molar-refractivity contribution in [2.24, 2.45) is 0 Å². The molecule has 0 radical (unpaired) electrons. The average molecular weight is 306 g/mol. The van der Waals surface area contributed by atoms with Gasteiger partial charge in [0.1, 0.15) is 5.75 Å². The van der Waals surface area contributed by atoms with E-state index >= 15 is 0 Å². The molecule has 1 fully saturated rings. The topological polar surface area (TPSA) is 53.6 Å². The minimum absolute atomic E-state index is 0. The van der Waals surface area contributed by atoms with Gasteiger partial charge in [-0.15, -0.1) is 24.8 Å². The van der Waals surface area contributed by atoms with Gasteiger partial charge in [-0.05, 0) is 18.2 Å². The number of carbonyl (C=O) groups excluding carboxylic acids is 1. The largest absolute Gasteiger partial charge is 0.482 e. The van der Waals surface area contributed by atoms with Gasteiger partial charge >= 0.3 is 0 Å². The molecule has 2 heterocycles. The van der Waals surface area contributed by atoms with Crippen LogP contribution in [0.2, 0.25) is 0 Å². The SMILES string of the molecule is Cl.Cl.O=C1COc2ccc(N3CCNCC3)cc2N1. The highest BCUT2D eigenvalue weighted by molar-refractivity contribution is 5.96. The molecule has 19 heavy (non-hydrogen) atoms. The minimum Gasteiger partial charge on any atom is -0.482 e. The van der Waals surface area contributed by atoms with Crippen molar-refractivity contribution in [2.45, 2.75) is 0 Å². The number of carbonyl (C=O) groups is 1. The zero-order chi connectivity index (χ0) is 11.7. The van der Waals surface area contributed by atoms with Crippen LogP contribution in [0.25, 0.3) is 0 Å². The Labute approximate surface area is 124 Å². The summed E-state index contributed by atoms with van der Waals surface area (Å²) in [5, 5.41) is 6.15. The molecular formula is C12H17Cl2N3O2. The van der Waals surface area contributed by atoms with E-state index in [0.29, 0.717) is 0 Å². The van der Waals surface area contributed by atoms with Crippen LogP contribution in [-0.4, -0.2) is 38.7 Å². The van der Waals surface area contributed by atoms with Crippen molar-refractivity contribution in [1.29, 1.82) is 0 Å². The number of ether oxygens (including phenoxy) is 1. The highest BCUT2D eigenvalue weighted by Crippen LogP contribution is 2.31. The molecule has 2 aliphatic heterocycles. The summed E-state index contributed by atoms with van der Waals surface area (Å²) in [5.41, 5.74) is 1.91. The fourth-order valence-corrected chi connectivity index (χ4v) is 2.19. The van der Waals surface area contributed by atoms with E-state index in [4.69, 9.17) is 4.74 Å². The summed E-state index contributed by atoms with van der Waals surface area (Å²) in [6.45, 7) is 4.10. The normalized spacial score (nSPS) is 17.3. The monoisotopic (exact) mass is 305 g/mol. The number of amides is 1. The number of nitrogens with zero attached hydrogens (tertiary/aromatic N) is 1. The van der Waals surface area contributed by atoms with Crippen molar-refractivity contribution < 1.29 is 9.53 Å². The second kappa shape index (κ2) is 6.84. The molecule has 2 aliphatic rings. The lowest BCUT2D eigenvalue weighted by Crippen LogP contribution is -2.43. The molecule has 0 atom stereocenters. The van der Waals surface area contributed by atoms with Crippen LogP contribution in [-0.2, 0) is 4.79 Å². The molecule has 0 spiro atoms. The van der Waals surface area contributed by atoms with Crippen LogP contribution in [0, 0.1) is 0 Å². The van der Waals surface area contributed by atoms with Crippen molar-refractivity contribution in [3.8, 4) is 5.75 Å². The summed E-state index contributed by atoms with van der Waals surface area (Å²) < 4.78 is 5.34. The van der Waals surface area contributed by atoms with Gasteiger partial charge in [0, 0.05) is 31.9 Å². The summed E-state index contributed by atoms with van der Waals surface area (Å²) in [5.74, 6) is 0.665. The Morgan fingerprint density at radius 2 is 1.89 bits per heavy atom. The van der Waals surface area contributed by atoms with Gasteiger partial charge in [0.25, 0.3) is 5.91 Å². The molecule has 7 heteroatoms. The fraction of sp³-hybridized carbons (Fsp3) is 0.417. The maximum atomic E-state index is 11.3. The van der Waals surface area contributed by atoms with E-state index in [2.05, 4.69) is 15.5 Å². The maximum absolute atomic E-state index is 11.3. The number of rotatable bonds is 1. The van der Waals surface area contributed by atoms with Crippen LogP contribution in [0.15, 0.2) is 18.2 Å². The molecule has 106 valence electrons. The zero-order valence-electron chi connectivity index (χ0n) is 10.3. The molecule has 0 saturated carbocycles. The molecule has 1 aromatic carbocycles. The fourth-order valence-electron chi connectivity index (χ4n) is 2.19. The van der Waals surface area contributed by atoms with E-state index < -0.39 is 0 Å². The predicted octanol–water partition coefficient (Wildman–Crippen LogP) is 1.27. The molecule has 1 amide bonds. The van der Waals surface area contributed by atoms with Gasteiger partial charge < -0.3 is 20.3 Å². The van der Waals surface area contributed by atoms with Gasteiger partial charge in [0.15, 0.2) is 6.61 Å². The summed E-state index contributed by atoms with van der Waals surface area (Å²) in [7, 11) is 0. The van der Waals surface area contributed by atoms with E-state index in [0.717, 1.165) is 43.3 Å². The second-order valence-electron chi connectivity index (χ2n) is 4.25. The van der Waals surface area contributed by atoms with Crippen LogP contribution in [0.4, 0.5) is 11.4 Å². The zero-order valence-corrected chi connectivity index (χ0v) is 12.0. The third-order valence-electron chi connectivity index (χ3n) is 3.08. The third kappa shape index (κ3) is 3.43. The number of nitrogens with one attached hydrogen (secondary N) is 2. The molecule has 0 aliphatic carbocycles. The molecule has 1 saturated heterocycles. The number of hydrogen-bond donors (Lipinski definition) is 2. The Hall–Kier alpha value is -1.17. The predicted molar refractivity (Wildman–Crippen MR) is 80.1 cm³/mol. The Morgan fingerprint density at radius 3 is 2.63 bits per heavy atom. The summed E-state index contributed by atoms with van der Waals surface area (Å²) in [6.07, 6.45) is 0. The molecular weight excluding hydrogens is 289 g/mol. The quantitative estimate of drug-likeness (QED) is 0.820. The third-order valence-corrected chi connectivity index (χ3v) is 3.08. The summed E-state index contributed by atoms with van der Waals surface area (Å²) >= 11 is 0. The second-order valence-corrected chi connectivity index (χ2v) is 4.25. The molecule has 0 aromatic heterocycles. The number of fused-ring (bicyclic) bond motifs is 1. The molecule has 1 aromatic rings. The van der Waals surface area contributed by atoms with E-state index in [1.54, 1.807) is 0 Å². The van der Waals surface area contributed by atoms with Gasteiger partial charge in [0.2, 0.25) is 0 Å². The minimum atomic E-state index is -0.0880. The average Bonchev–Trinajstić information content (AvgIpc) is 2.39. The van der Waals surface area contributed by atoms with Crippen molar-refractivity contribution in [1.82, 2.24) is 5.32 Å². The molecule has 2 N–H and O–H groups in total. The van der Waals surface area contributed by atoms with Crippen molar-refractivity contribution in [3.63, 3.8) is 0 Å². The molecule has 0 bridgehead atoms. The first-order chi connectivity index (χ1) is 8.33. The van der Waals surface area contributed by atoms with Crippen LogP contribution in [0.3, 0.4) is 0 Å². The summed E-state index contributed by atoms with van der Waals surface area (Å²) in [6, 6.07) is 5.95. The number of hydrogen-bond acceptors (Lipinski definition) is 4. The standard InChI is InChI=1S/C12H15N3O2.2ClH/c16-12-8-17-11-2-1-9(7-10(11)14-12)15-5-3-13-4-6-15;;/h1-2,7,13H,3-6,8H2,(H,14,16);2*1H. The molecule has 0 unspecified atom stereocenters. The van der Waals surface area contributed by atoms with Gasteiger partial charge in [0.05, 0.1) is 5.69 Å². The van der Waals surface area contributed by atoms with Crippen LogP contribution in [0.1, 0.15) is 0 Å². The number of piperazine rings is 1. The van der Waals surface area contributed by atoms with E-state index in [1.807, 2.05) is 18.2 Å². The smallest absolute Gasteiger partial charge is 0.262 e. The van der Waals surface area contributed by atoms with Crippen LogP contribution in [0.5, 0.6) is 5.75 Å². The molecule has 3 rings (SSSR count). The van der Waals surface area contributed by atoms with Gasteiger partial charge in [-0.25, -0.2) is 0 Å². The lowest BCUT2D eigenvalue weighted by atomic mass is 10.2. The van der Waals surface area contributed by atoms with Crippen LogP contribution >= 0.6 is 24.8 Å². The van der Waals surface area contributed by atoms with E-state index in [9.17, 15) is 4.79 Å². The number of anilines is 2.